The van der Waals surface area contributed by atoms with Gasteiger partial charge >= 0.3 is 0 Å². The number of ether oxygens (including phenoxy) is 1. The molecule has 0 saturated carbocycles. The summed E-state index contributed by atoms with van der Waals surface area (Å²) in [6.07, 6.45) is 1.83. The maximum absolute atomic E-state index is 5.37. The molecule has 0 bridgehead atoms. The lowest BCUT2D eigenvalue weighted by atomic mass is 10.1. The Morgan fingerprint density at radius 2 is 2.00 bits per heavy atom. The van der Waals surface area contributed by atoms with Crippen molar-refractivity contribution in [1.29, 1.82) is 0 Å². The van der Waals surface area contributed by atoms with Crippen LogP contribution in [0.4, 0.5) is 5.82 Å². The highest BCUT2D eigenvalue weighted by molar-refractivity contribution is 5.58. The average Bonchev–Trinajstić information content (AvgIpc) is 2.48. The molecule has 98 valence electrons. The zero-order valence-electron chi connectivity index (χ0n) is 11.0. The molecule has 2 heterocycles. The second kappa shape index (κ2) is 5.36. The number of nitrogens with zero attached hydrogens (tertiary/aromatic N) is 3. The molecule has 0 unspecified atom stereocenters. The lowest BCUT2D eigenvalue weighted by Crippen LogP contribution is -2.36. The Morgan fingerprint density at radius 3 is 2.79 bits per heavy atom. The van der Waals surface area contributed by atoms with Crippen LogP contribution in [0.2, 0.25) is 0 Å². The van der Waals surface area contributed by atoms with E-state index in [2.05, 4.69) is 33.9 Å². The van der Waals surface area contributed by atoms with E-state index >= 15 is 0 Å². The standard InChI is InChI=1S/C15H17N3O/c1-12-3-2-4-13(11-12)15-16-6-5-14(17-15)18-7-9-19-10-8-18/h2-6,11H,7-10H2,1H3. The van der Waals surface area contributed by atoms with Crippen molar-refractivity contribution in [2.75, 3.05) is 31.2 Å². The molecule has 4 heteroatoms. The first-order valence-electron chi connectivity index (χ1n) is 6.56. The van der Waals surface area contributed by atoms with Crippen LogP contribution in [-0.4, -0.2) is 36.3 Å². The van der Waals surface area contributed by atoms with Crippen LogP contribution >= 0.6 is 0 Å². The van der Waals surface area contributed by atoms with Gasteiger partial charge in [-0.3, -0.25) is 0 Å². The third-order valence-corrected chi connectivity index (χ3v) is 3.25. The average molecular weight is 255 g/mol. The fraction of sp³-hybridized carbons (Fsp3) is 0.333. The van der Waals surface area contributed by atoms with Crippen LogP contribution < -0.4 is 4.90 Å². The van der Waals surface area contributed by atoms with E-state index in [1.165, 1.54) is 5.56 Å². The van der Waals surface area contributed by atoms with E-state index in [9.17, 15) is 0 Å². The van der Waals surface area contributed by atoms with Gasteiger partial charge in [-0.25, -0.2) is 9.97 Å². The van der Waals surface area contributed by atoms with Gasteiger partial charge in [-0.15, -0.1) is 0 Å². The predicted molar refractivity (Wildman–Crippen MR) is 75.2 cm³/mol. The van der Waals surface area contributed by atoms with E-state index in [4.69, 9.17) is 4.74 Å². The molecular formula is C15H17N3O. The molecule has 0 radical (unpaired) electrons. The zero-order valence-corrected chi connectivity index (χ0v) is 11.0. The van der Waals surface area contributed by atoms with E-state index in [-0.39, 0.29) is 0 Å². The third-order valence-electron chi connectivity index (χ3n) is 3.25. The van der Waals surface area contributed by atoms with Gasteiger partial charge in [0.25, 0.3) is 0 Å². The molecular weight excluding hydrogens is 238 g/mol. The number of anilines is 1. The Balaban J connectivity index is 1.91. The molecule has 3 rings (SSSR count). The molecule has 0 amide bonds. The van der Waals surface area contributed by atoms with Crippen LogP contribution in [0.25, 0.3) is 11.4 Å². The van der Waals surface area contributed by atoms with Crippen molar-refractivity contribution >= 4 is 5.82 Å². The van der Waals surface area contributed by atoms with Crippen LogP contribution in [0.1, 0.15) is 5.56 Å². The van der Waals surface area contributed by atoms with E-state index in [0.29, 0.717) is 0 Å². The van der Waals surface area contributed by atoms with Gasteiger partial charge < -0.3 is 9.64 Å². The largest absolute Gasteiger partial charge is 0.378 e. The van der Waals surface area contributed by atoms with Gasteiger partial charge in [-0.2, -0.15) is 0 Å². The van der Waals surface area contributed by atoms with Gasteiger partial charge in [-0.05, 0) is 19.1 Å². The van der Waals surface area contributed by atoms with Crippen molar-refractivity contribution < 1.29 is 4.74 Å². The van der Waals surface area contributed by atoms with Crippen molar-refractivity contribution in [3.05, 3.63) is 42.1 Å². The molecule has 1 saturated heterocycles. The van der Waals surface area contributed by atoms with Gasteiger partial charge in [0.15, 0.2) is 5.82 Å². The summed E-state index contributed by atoms with van der Waals surface area (Å²) in [5.41, 5.74) is 2.29. The number of hydrogen-bond donors (Lipinski definition) is 0. The van der Waals surface area contributed by atoms with Gasteiger partial charge in [0, 0.05) is 24.8 Å². The number of aryl methyl sites for hydroxylation is 1. The Labute approximate surface area is 113 Å². The molecule has 4 nitrogen and oxygen atoms in total. The van der Waals surface area contributed by atoms with Crippen molar-refractivity contribution in [3.63, 3.8) is 0 Å². The summed E-state index contributed by atoms with van der Waals surface area (Å²) in [6, 6.07) is 10.2. The fourth-order valence-corrected chi connectivity index (χ4v) is 2.24. The van der Waals surface area contributed by atoms with E-state index in [1.807, 2.05) is 24.4 Å². The van der Waals surface area contributed by atoms with Crippen LogP contribution in [0.15, 0.2) is 36.5 Å². The molecule has 1 aliphatic rings. The summed E-state index contributed by atoms with van der Waals surface area (Å²) in [4.78, 5) is 11.3. The molecule has 19 heavy (non-hydrogen) atoms. The quantitative estimate of drug-likeness (QED) is 0.825. The van der Waals surface area contributed by atoms with Gasteiger partial charge in [0.2, 0.25) is 0 Å². The summed E-state index contributed by atoms with van der Waals surface area (Å²) in [6.45, 7) is 5.40. The van der Waals surface area contributed by atoms with Gasteiger partial charge in [0.05, 0.1) is 13.2 Å². The number of benzene rings is 1. The highest BCUT2D eigenvalue weighted by atomic mass is 16.5. The number of hydrogen-bond acceptors (Lipinski definition) is 4. The van der Waals surface area contributed by atoms with Gasteiger partial charge in [0.1, 0.15) is 5.82 Å². The van der Waals surface area contributed by atoms with Crippen LogP contribution in [0.3, 0.4) is 0 Å². The van der Waals surface area contributed by atoms with Crippen molar-refractivity contribution in [2.24, 2.45) is 0 Å². The first kappa shape index (κ1) is 12.1. The summed E-state index contributed by atoms with van der Waals surface area (Å²) in [7, 11) is 0. The molecule has 0 atom stereocenters. The fourth-order valence-electron chi connectivity index (χ4n) is 2.24. The topological polar surface area (TPSA) is 38.2 Å². The molecule has 0 aliphatic carbocycles. The van der Waals surface area contributed by atoms with Crippen molar-refractivity contribution in [3.8, 4) is 11.4 Å². The van der Waals surface area contributed by atoms with E-state index < -0.39 is 0 Å². The summed E-state index contributed by atoms with van der Waals surface area (Å²) in [5, 5.41) is 0. The minimum absolute atomic E-state index is 0.768. The predicted octanol–water partition coefficient (Wildman–Crippen LogP) is 2.29. The molecule has 1 fully saturated rings. The molecule has 2 aromatic rings. The van der Waals surface area contributed by atoms with Crippen LogP contribution in [-0.2, 0) is 4.74 Å². The maximum atomic E-state index is 5.37. The normalized spacial score (nSPS) is 15.5. The Kier molecular flexibility index (Phi) is 3.42. The Bertz CT molecular complexity index is 565. The molecule has 1 aromatic heterocycles. The monoisotopic (exact) mass is 255 g/mol. The lowest BCUT2D eigenvalue weighted by molar-refractivity contribution is 0.122. The minimum Gasteiger partial charge on any atom is -0.378 e. The lowest BCUT2D eigenvalue weighted by Gasteiger charge is -2.27. The molecule has 0 N–H and O–H groups in total. The van der Waals surface area contributed by atoms with Crippen LogP contribution in [0.5, 0.6) is 0 Å². The summed E-state index contributed by atoms with van der Waals surface area (Å²) in [5.74, 6) is 1.77. The summed E-state index contributed by atoms with van der Waals surface area (Å²) < 4.78 is 5.37. The molecule has 1 aliphatic heterocycles. The van der Waals surface area contributed by atoms with E-state index in [1.54, 1.807) is 0 Å². The van der Waals surface area contributed by atoms with Crippen LogP contribution in [0, 0.1) is 6.92 Å². The number of morpholine rings is 1. The maximum Gasteiger partial charge on any atom is 0.161 e. The number of rotatable bonds is 2. The minimum atomic E-state index is 0.768. The van der Waals surface area contributed by atoms with E-state index in [0.717, 1.165) is 43.5 Å². The highest BCUT2D eigenvalue weighted by Gasteiger charge is 2.13. The second-order valence-electron chi connectivity index (χ2n) is 4.71. The number of aromatic nitrogens is 2. The van der Waals surface area contributed by atoms with Crippen molar-refractivity contribution in [2.45, 2.75) is 6.92 Å². The first-order chi connectivity index (χ1) is 9.33. The Morgan fingerprint density at radius 1 is 1.16 bits per heavy atom. The smallest absolute Gasteiger partial charge is 0.161 e. The Hall–Kier alpha value is -1.94. The van der Waals surface area contributed by atoms with Crippen molar-refractivity contribution in [1.82, 2.24) is 9.97 Å². The molecule has 1 aromatic carbocycles. The summed E-state index contributed by atoms with van der Waals surface area (Å²) >= 11 is 0. The van der Waals surface area contributed by atoms with Gasteiger partial charge in [-0.1, -0.05) is 23.8 Å². The highest BCUT2D eigenvalue weighted by Crippen LogP contribution is 2.19. The SMILES string of the molecule is Cc1cccc(-c2nccc(N3CCOCC3)n2)c1. The second-order valence-corrected chi connectivity index (χ2v) is 4.71. The third kappa shape index (κ3) is 2.74. The zero-order chi connectivity index (χ0) is 13.1. The molecule has 0 spiro atoms. The first-order valence-corrected chi connectivity index (χ1v) is 6.56.